The monoisotopic (exact) mass is 90.1 g/mol. The van der Waals surface area contributed by atoms with E-state index in [-0.39, 0.29) is 0 Å². The summed E-state index contributed by atoms with van der Waals surface area (Å²) in [5.41, 5.74) is 0.958. The number of aromatic amines is 1. The van der Waals surface area contributed by atoms with Crippen molar-refractivity contribution in [2.75, 3.05) is 0 Å². The maximum absolute atomic E-state index is 5.14. The molecule has 33 valence electrons. The molecule has 7 heavy (non-hydrogen) atoms. The Morgan fingerprint density at radius 1 is 1.71 bits per heavy atom. The fourth-order valence-corrected chi connectivity index (χ4v) is 0.448. The third-order valence-corrected chi connectivity index (χ3v) is 0.802. The summed E-state index contributed by atoms with van der Waals surface area (Å²) in [4.78, 5) is 2.91. The van der Waals surface area contributed by atoms with E-state index in [1.54, 1.807) is 0 Å². The molecule has 1 aromatic heterocycles. The Morgan fingerprint density at radius 2 is 2.57 bits per heavy atom. The summed E-state index contributed by atoms with van der Waals surface area (Å²) in [6, 6.07) is 3.80. The van der Waals surface area contributed by atoms with Gasteiger partial charge in [0.05, 0.1) is 0 Å². The Bertz CT molecular complexity index is 143. The van der Waals surface area contributed by atoms with Gasteiger partial charge in [-0.2, -0.15) is 0 Å². The van der Waals surface area contributed by atoms with E-state index in [2.05, 4.69) is 4.98 Å². The van der Waals surface area contributed by atoms with E-state index < -0.39 is 0 Å². The van der Waals surface area contributed by atoms with Crippen molar-refractivity contribution in [1.29, 1.82) is 0 Å². The summed E-state index contributed by atoms with van der Waals surface area (Å²) in [5.74, 6) is 1.53. The zero-order valence-electron chi connectivity index (χ0n) is 3.89. The van der Waals surface area contributed by atoms with Crippen molar-refractivity contribution in [1.82, 2.24) is 4.98 Å². The molecule has 0 bridgehead atoms. The zero-order valence-corrected chi connectivity index (χ0v) is 3.89. The van der Waals surface area contributed by atoms with E-state index >= 15 is 0 Å². The Morgan fingerprint density at radius 3 is 2.86 bits per heavy atom. The summed E-state index contributed by atoms with van der Waals surface area (Å²) in [7, 11) is 5.14. The first kappa shape index (κ1) is 4.38. The van der Waals surface area contributed by atoms with Crippen LogP contribution in [0.1, 0.15) is 5.69 Å². The molecular weight excluding hydrogens is 84.9 g/mol. The Hall–Kier alpha value is -0.785. The number of hydrogen-bond acceptors (Lipinski definition) is 0. The average molecular weight is 89.9 g/mol. The predicted molar refractivity (Wildman–Crippen MR) is 31.7 cm³/mol. The normalized spacial score (nSPS) is 8.43. The van der Waals surface area contributed by atoms with Gasteiger partial charge in [-0.3, -0.25) is 0 Å². The summed E-state index contributed by atoms with van der Waals surface area (Å²) in [6.07, 6.45) is 1.83. The van der Waals surface area contributed by atoms with Crippen LogP contribution in [0.2, 0.25) is 0 Å². The van der Waals surface area contributed by atoms with Crippen molar-refractivity contribution in [3.63, 3.8) is 0 Å². The molecular formula is C5H5BN. The first-order valence-electron chi connectivity index (χ1n) is 2.12. The van der Waals surface area contributed by atoms with Crippen LogP contribution in [-0.4, -0.2) is 18.4 Å². The molecule has 0 unspecified atom stereocenters. The molecule has 2 heteroatoms. The van der Waals surface area contributed by atoms with Crippen molar-refractivity contribution in [3.05, 3.63) is 24.0 Å². The van der Waals surface area contributed by atoms with Gasteiger partial charge in [-0.05, 0) is 0 Å². The molecule has 0 aromatic carbocycles. The second kappa shape index (κ2) is 1.78. The number of aromatic nitrogens is 1. The fraction of sp³-hybridized carbons (Fsp3) is 0. The molecule has 0 aliphatic carbocycles. The minimum absolute atomic E-state index is 0.958. The van der Waals surface area contributed by atoms with Crippen molar-refractivity contribution in [2.45, 2.75) is 0 Å². The Kier molecular flexibility index (Phi) is 1.11. The third-order valence-electron chi connectivity index (χ3n) is 0.802. The van der Waals surface area contributed by atoms with Gasteiger partial charge >= 0.3 is 42.5 Å². The van der Waals surface area contributed by atoms with E-state index in [0.29, 0.717) is 0 Å². The van der Waals surface area contributed by atoms with Crippen LogP contribution in [0.4, 0.5) is 0 Å². The average Bonchev–Trinajstić information content (AvgIpc) is 2.14. The van der Waals surface area contributed by atoms with E-state index in [1.165, 1.54) is 5.97 Å². The van der Waals surface area contributed by atoms with E-state index in [0.717, 1.165) is 5.69 Å². The van der Waals surface area contributed by atoms with Crippen LogP contribution in [0.3, 0.4) is 0 Å². The second-order valence-corrected chi connectivity index (χ2v) is 1.29. The van der Waals surface area contributed by atoms with Crippen LogP contribution in [-0.2, 0) is 0 Å². The summed E-state index contributed by atoms with van der Waals surface area (Å²) in [5, 5.41) is 0. The Balaban J connectivity index is 2.96. The zero-order chi connectivity index (χ0) is 5.11. The van der Waals surface area contributed by atoms with Crippen molar-refractivity contribution in [3.8, 4) is 0 Å². The number of nitrogens with one attached hydrogen (secondary N) is 1. The van der Waals surface area contributed by atoms with Crippen molar-refractivity contribution < 1.29 is 0 Å². The predicted octanol–water partition coefficient (Wildman–Crippen LogP) is 0.333. The maximum atomic E-state index is 5.14. The van der Waals surface area contributed by atoms with E-state index in [4.69, 9.17) is 7.49 Å². The standard InChI is InChI=1S/C5H5BN/c6-4-5-2-1-3-7-5/h1-4,7H. The molecule has 0 aliphatic rings. The van der Waals surface area contributed by atoms with Gasteiger partial charge in [-0.15, -0.1) is 0 Å². The Labute approximate surface area is 43.4 Å². The van der Waals surface area contributed by atoms with Gasteiger partial charge in [0.1, 0.15) is 0 Å². The van der Waals surface area contributed by atoms with Crippen molar-refractivity contribution in [2.24, 2.45) is 0 Å². The van der Waals surface area contributed by atoms with Gasteiger partial charge in [-0.25, -0.2) is 0 Å². The van der Waals surface area contributed by atoms with Gasteiger partial charge in [0.2, 0.25) is 0 Å². The van der Waals surface area contributed by atoms with Crippen LogP contribution in [0.25, 0.3) is 0 Å². The number of hydrogen-bond donors (Lipinski definition) is 1. The van der Waals surface area contributed by atoms with E-state index in [9.17, 15) is 0 Å². The van der Waals surface area contributed by atoms with Crippen LogP contribution < -0.4 is 0 Å². The van der Waals surface area contributed by atoms with Crippen LogP contribution in [0.5, 0.6) is 0 Å². The molecule has 0 saturated carbocycles. The first-order chi connectivity index (χ1) is 3.43. The molecule has 1 heterocycles. The molecule has 0 atom stereocenters. The van der Waals surface area contributed by atoms with Gasteiger partial charge in [0, 0.05) is 0 Å². The topological polar surface area (TPSA) is 15.8 Å². The minimum atomic E-state index is 0.958. The van der Waals surface area contributed by atoms with Crippen LogP contribution in [0.15, 0.2) is 18.3 Å². The van der Waals surface area contributed by atoms with Crippen molar-refractivity contribution >= 4 is 13.5 Å². The molecule has 1 radical (unpaired) electrons. The molecule has 0 aliphatic heterocycles. The SMILES string of the molecule is [B]=Cc1ccc[nH]1. The third kappa shape index (κ3) is 0.799. The molecule has 0 amide bonds. The summed E-state index contributed by atoms with van der Waals surface area (Å²) >= 11 is 0. The molecule has 1 nitrogen and oxygen atoms in total. The molecule has 1 aromatic rings. The van der Waals surface area contributed by atoms with E-state index in [1.807, 2.05) is 18.3 Å². The molecule has 1 N–H and O–H groups in total. The van der Waals surface area contributed by atoms with Gasteiger partial charge in [0.25, 0.3) is 0 Å². The molecule has 0 spiro atoms. The molecule has 1 rings (SSSR count). The van der Waals surface area contributed by atoms with Gasteiger partial charge < -0.3 is 0 Å². The van der Waals surface area contributed by atoms with Crippen LogP contribution in [0, 0.1) is 0 Å². The fourth-order valence-electron chi connectivity index (χ4n) is 0.448. The molecule has 0 saturated heterocycles. The summed E-state index contributed by atoms with van der Waals surface area (Å²) in [6.45, 7) is 0. The van der Waals surface area contributed by atoms with Gasteiger partial charge in [0.15, 0.2) is 0 Å². The number of rotatable bonds is 1. The quantitative estimate of drug-likeness (QED) is 0.478. The summed E-state index contributed by atoms with van der Waals surface area (Å²) < 4.78 is 0. The van der Waals surface area contributed by atoms with Gasteiger partial charge in [-0.1, -0.05) is 0 Å². The first-order valence-corrected chi connectivity index (χ1v) is 2.12. The van der Waals surface area contributed by atoms with Crippen LogP contribution >= 0.6 is 0 Å². The number of H-pyrrole nitrogens is 1. The molecule has 0 fully saturated rings. The second-order valence-electron chi connectivity index (χ2n) is 1.29.